The van der Waals surface area contributed by atoms with Crippen molar-refractivity contribution in [2.75, 3.05) is 13.2 Å². The van der Waals surface area contributed by atoms with Crippen molar-refractivity contribution < 1.29 is 54.2 Å². The van der Waals surface area contributed by atoms with Crippen molar-refractivity contribution in [3.8, 4) is 0 Å². The van der Waals surface area contributed by atoms with E-state index in [1.807, 2.05) is 0 Å². The molecule has 2 aliphatic rings. The molecule has 42 heavy (non-hydrogen) atoms. The van der Waals surface area contributed by atoms with E-state index in [-0.39, 0.29) is 11.1 Å². The zero-order valence-electron chi connectivity index (χ0n) is 21.6. The third-order valence-corrected chi connectivity index (χ3v) is 6.10. The third-order valence-electron chi connectivity index (χ3n) is 6.10. The fourth-order valence-electron chi connectivity index (χ4n) is 4.51. The minimum absolute atomic E-state index is 0.232. The topological polar surface area (TPSA) is 88.8 Å². The largest absolute Gasteiger partial charge is 0.462 e. The second-order valence-electron chi connectivity index (χ2n) is 8.72. The molecular formula is C28H18F8N2O4. The van der Waals surface area contributed by atoms with Crippen LogP contribution in [0, 0.1) is 17.0 Å². The monoisotopic (exact) mass is 598 g/mol. The van der Waals surface area contributed by atoms with E-state index in [1.54, 1.807) is 0 Å². The smallest absolute Gasteiger partial charge is 0.424 e. The Hall–Kier alpha value is -4.62. The predicted molar refractivity (Wildman–Crippen MR) is 134 cm³/mol. The van der Waals surface area contributed by atoms with Gasteiger partial charge in [-0.25, -0.2) is 23.4 Å². The van der Waals surface area contributed by atoms with E-state index in [9.17, 15) is 44.7 Å². The van der Waals surface area contributed by atoms with Gasteiger partial charge in [0.2, 0.25) is 0 Å². The first-order valence-corrected chi connectivity index (χ1v) is 12.1. The van der Waals surface area contributed by atoms with Crippen molar-refractivity contribution in [2.45, 2.75) is 26.2 Å². The molecule has 220 valence electrons. The molecule has 1 N–H and O–H groups in total. The summed E-state index contributed by atoms with van der Waals surface area (Å²) < 4.78 is 122. The van der Waals surface area contributed by atoms with E-state index in [0.717, 1.165) is 24.3 Å². The highest BCUT2D eigenvalue weighted by Crippen LogP contribution is 2.45. The van der Waals surface area contributed by atoms with Gasteiger partial charge in [0.15, 0.2) is 5.57 Å². The molecule has 0 aromatic heterocycles. The average Bonchev–Trinajstić information content (AvgIpc) is 3.33. The Balaban J connectivity index is 2.10. The summed E-state index contributed by atoms with van der Waals surface area (Å²) in [5.41, 5.74) is -9.22. The van der Waals surface area contributed by atoms with E-state index in [0.29, 0.717) is 18.2 Å². The molecule has 0 radical (unpaired) electrons. The molecule has 0 saturated heterocycles. The van der Waals surface area contributed by atoms with E-state index < -0.39 is 99.7 Å². The number of ether oxygens (including phenoxy) is 2. The molecule has 0 amide bonds. The van der Waals surface area contributed by atoms with Crippen LogP contribution in [0.25, 0.3) is 16.8 Å². The van der Waals surface area contributed by atoms with E-state index in [4.69, 9.17) is 5.41 Å². The molecule has 0 heterocycles. The molecule has 4 rings (SSSR count). The minimum Gasteiger partial charge on any atom is -0.462 e. The fraction of sp³-hybridized carbons (Fsp3) is 0.214. The SMILES string of the molecule is CCOC(=O)/C(=C1C=C(/N=C2\C(=N)c3ccc(F)cc3\C2=C(/C(=O)OCC)C(F)(F)F)c2ccc(F)cc2\1)C(F)(F)F. The number of nitrogens with one attached hydrogen (secondary N) is 1. The maximum absolute atomic E-state index is 14.3. The Kier molecular flexibility index (Phi) is 7.94. The van der Waals surface area contributed by atoms with E-state index >= 15 is 0 Å². The highest BCUT2D eigenvalue weighted by atomic mass is 19.4. The number of hydrogen-bond donors (Lipinski definition) is 1. The van der Waals surface area contributed by atoms with Crippen molar-refractivity contribution in [3.05, 3.63) is 87.5 Å². The molecule has 0 fully saturated rings. The maximum atomic E-state index is 14.3. The van der Waals surface area contributed by atoms with Crippen LogP contribution in [0.4, 0.5) is 35.1 Å². The minimum atomic E-state index is -5.40. The van der Waals surface area contributed by atoms with Crippen LogP contribution in [0.1, 0.15) is 36.1 Å². The highest BCUT2D eigenvalue weighted by molar-refractivity contribution is 6.67. The van der Waals surface area contributed by atoms with Gasteiger partial charge in [0, 0.05) is 22.3 Å². The first-order chi connectivity index (χ1) is 19.6. The number of allylic oxidation sites excluding steroid dienone is 3. The summed E-state index contributed by atoms with van der Waals surface area (Å²) >= 11 is 0. The van der Waals surface area contributed by atoms with Crippen molar-refractivity contribution >= 4 is 40.2 Å². The van der Waals surface area contributed by atoms with Gasteiger partial charge in [-0.2, -0.15) is 26.3 Å². The second kappa shape index (κ2) is 11.0. The molecular weight excluding hydrogens is 580 g/mol. The number of nitrogens with zero attached hydrogens (tertiary/aromatic N) is 1. The molecule has 0 saturated carbocycles. The lowest BCUT2D eigenvalue weighted by Crippen LogP contribution is -2.26. The average molecular weight is 598 g/mol. The number of halogens is 8. The normalized spacial score (nSPS) is 18.0. The zero-order chi connectivity index (χ0) is 31.1. The summed E-state index contributed by atoms with van der Waals surface area (Å²) in [6.45, 7) is 1.59. The molecule has 2 aromatic carbocycles. The van der Waals surface area contributed by atoms with Gasteiger partial charge in [-0.05, 0) is 67.4 Å². The van der Waals surface area contributed by atoms with Crippen LogP contribution in [0.2, 0.25) is 0 Å². The van der Waals surface area contributed by atoms with Crippen LogP contribution >= 0.6 is 0 Å². The maximum Gasteiger partial charge on any atom is 0.424 e. The van der Waals surface area contributed by atoms with Gasteiger partial charge in [0.25, 0.3) is 0 Å². The quantitative estimate of drug-likeness (QED) is 0.239. The number of aliphatic imine (C=N–C) groups is 1. The second-order valence-corrected chi connectivity index (χ2v) is 8.72. The number of carbonyl (C=O) groups excluding carboxylic acids is 2. The van der Waals surface area contributed by atoms with Gasteiger partial charge in [0.1, 0.15) is 17.2 Å². The number of alkyl halides is 6. The zero-order valence-corrected chi connectivity index (χ0v) is 21.6. The standard InChI is InChI=1S/C28H18F8N2O4/c1-3-41-25(39)21(27(31,32)33)18-11-19(14-7-5-12(29)9-16(14)18)38-24-20(22(28(34,35)36)26(40)42-4-2)17-10-13(30)6-8-15(17)23(24)37/h5-11,37H,3-4H2,1-2H3/b21-18-,22-20-,37-23?,38-24-. The summed E-state index contributed by atoms with van der Waals surface area (Å²) in [6, 6.07) is 4.97. The summed E-state index contributed by atoms with van der Waals surface area (Å²) in [5, 5.41) is 8.51. The lowest BCUT2D eigenvalue weighted by Gasteiger charge is -2.15. The van der Waals surface area contributed by atoms with Crippen LogP contribution in [0.5, 0.6) is 0 Å². The van der Waals surface area contributed by atoms with Crippen LogP contribution in [0.15, 0.2) is 58.6 Å². The molecule has 0 bridgehead atoms. The summed E-state index contributed by atoms with van der Waals surface area (Å²) in [4.78, 5) is 28.9. The first kappa shape index (κ1) is 30.3. The fourth-order valence-corrected chi connectivity index (χ4v) is 4.51. The summed E-state index contributed by atoms with van der Waals surface area (Å²) in [7, 11) is 0. The Morgan fingerprint density at radius 2 is 1.26 bits per heavy atom. The number of rotatable bonds is 5. The Bertz CT molecular complexity index is 1650. The molecule has 0 aliphatic heterocycles. The van der Waals surface area contributed by atoms with Crippen LogP contribution < -0.4 is 0 Å². The molecule has 2 aliphatic carbocycles. The molecule has 14 heteroatoms. The number of carbonyl (C=O) groups is 2. The lowest BCUT2D eigenvalue weighted by atomic mass is 9.99. The van der Waals surface area contributed by atoms with Gasteiger partial charge in [-0.3, -0.25) is 5.41 Å². The van der Waals surface area contributed by atoms with Crippen molar-refractivity contribution in [3.63, 3.8) is 0 Å². The Morgan fingerprint density at radius 3 is 1.79 bits per heavy atom. The lowest BCUT2D eigenvalue weighted by molar-refractivity contribution is -0.151. The molecule has 0 atom stereocenters. The van der Waals surface area contributed by atoms with Gasteiger partial charge in [-0.1, -0.05) is 0 Å². The van der Waals surface area contributed by atoms with Gasteiger partial charge >= 0.3 is 24.3 Å². The molecule has 0 spiro atoms. The van der Waals surface area contributed by atoms with Crippen molar-refractivity contribution in [2.24, 2.45) is 4.99 Å². The van der Waals surface area contributed by atoms with E-state index in [2.05, 4.69) is 14.5 Å². The van der Waals surface area contributed by atoms with Crippen LogP contribution in [-0.4, -0.2) is 48.9 Å². The van der Waals surface area contributed by atoms with Crippen molar-refractivity contribution in [1.82, 2.24) is 0 Å². The number of hydrogen-bond acceptors (Lipinski definition) is 6. The number of fused-ring (bicyclic) bond motifs is 2. The molecule has 6 nitrogen and oxygen atoms in total. The van der Waals surface area contributed by atoms with Crippen LogP contribution in [0.3, 0.4) is 0 Å². The summed E-state index contributed by atoms with van der Waals surface area (Å²) in [5.74, 6) is -5.67. The van der Waals surface area contributed by atoms with Crippen LogP contribution in [-0.2, 0) is 19.1 Å². The Labute approximate surface area is 232 Å². The predicted octanol–water partition coefficient (Wildman–Crippen LogP) is 6.60. The number of esters is 2. The number of benzene rings is 2. The van der Waals surface area contributed by atoms with Gasteiger partial charge in [0.05, 0.1) is 30.3 Å². The highest BCUT2D eigenvalue weighted by Gasteiger charge is 2.47. The Morgan fingerprint density at radius 1 is 0.762 bits per heavy atom. The first-order valence-electron chi connectivity index (χ1n) is 12.1. The van der Waals surface area contributed by atoms with Crippen molar-refractivity contribution in [1.29, 1.82) is 5.41 Å². The van der Waals surface area contributed by atoms with Gasteiger partial charge in [-0.15, -0.1) is 0 Å². The third kappa shape index (κ3) is 5.48. The van der Waals surface area contributed by atoms with E-state index in [1.165, 1.54) is 13.8 Å². The summed E-state index contributed by atoms with van der Waals surface area (Å²) in [6.07, 6.45) is -10.0. The van der Waals surface area contributed by atoms with Gasteiger partial charge < -0.3 is 9.47 Å². The molecule has 0 unspecified atom stereocenters. The molecule has 2 aromatic rings.